The molecule has 0 N–H and O–H groups in total. The summed E-state index contributed by atoms with van der Waals surface area (Å²) in [5.41, 5.74) is 2.06. The van der Waals surface area contributed by atoms with Crippen LogP contribution in [0.3, 0.4) is 0 Å². The predicted octanol–water partition coefficient (Wildman–Crippen LogP) is 5.95. The minimum absolute atomic E-state index is 0.384. The van der Waals surface area contributed by atoms with Gasteiger partial charge in [0.25, 0.3) is 0 Å². The van der Waals surface area contributed by atoms with Crippen LogP contribution in [-0.2, 0) is 0 Å². The Hall–Kier alpha value is -0.170. The van der Waals surface area contributed by atoms with E-state index in [0.29, 0.717) is 5.41 Å². The Balaban J connectivity index is 1.85. The van der Waals surface area contributed by atoms with Crippen molar-refractivity contribution in [1.29, 1.82) is 0 Å². The number of rotatable bonds is 2. The van der Waals surface area contributed by atoms with Gasteiger partial charge in [-0.3, -0.25) is 0 Å². The van der Waals surface area contributed by atoms with Gasteiger partial charge in [-0.05, 0) is 54.8 Å². The van der Waals surface area contributed by atoms with Crippen molar-refractivity contribution in [2.45, 2.75) is 71.5 Å². The SMILES string of the molecule is CC1CC=C(SC2CC=C(C(C)(C)C)CC2)CC1. The molecule has 0 aromatic heterocycles. The van der Waals surface area contributed by atoms with Gasteiger partial charge in [-0.1, -0.05) is 45.4 Å². The topological polar surface area (TPSA) is 0 Å². The van der Waals surface area contributed by atoms with E-state index >= 15 is 0 Å². The van der Waals surface area contributed by atoms with Crippen molar-refractivity contribution in [1.82, 2.24) is 0 Å². The molecule has 102 valence electrons. The van der Waals surface area contributed by atoms with E-state index in [1.54, 1.807) is 10.5 Å². The maximum Gasteiger partial charge on any atom is 0.0129 e. The van der Waals surface area contributed by atoms with E-state index in [1.807, 2.05) is 0 Å². The quantitative estimate of drug-likeness (QED) is 0.555. The van der Waals surface area contributed by atoms with Crippen molar-refractivity contribution in [2.24, 2.45) is 11.3 Å². The zero-order chi connectivity index (χ0) is 13.2. The third-order valence-corrected chi connectivity index (χ3v) is 5.71. The fourth-order valence-electron chi connectivity index (χ4n) is 2.86. The Morgan fingerprint density at radius 2 is 1.83 bits per heavy atom. The molecule has 2 atom stereocenters. The number of hydrogen-bond donors (Lipinski definition) is 0. The van der Waals surface area contributed by atoms with Gasteiger partial charge in [0.2, 0.25) is 0 Å². The van der Waals surface area contributed by atoms with Crippen molar-refractivity contribution >= 4 is 11.8 Å². The molecule has 0 aliphatic heterocycles. The van der Waals surface area contributed by atoms with Crippen molar-refractivity contribution in [3.05, 3.63) is 22.6 Å². The highest BCUT2D eigenvalue weighted by Crippen LogP contribution is 2.41. The van der Waals surface area contributed by atoms with Gasteiger partial charge in [-0.25, -0.2) is 0 Å². The highest BCUT2D eigenvalue weighted by Gasteiger charge is 2.23. The zero-order valence-corrected chi connectivity index (χ0v) is 13.3. The van der Waals surface area contributed by atoms with Gasteiger partial charge in [0.05, 0.1) is 0 Å². The van der Waals surface area contributed by atoms with Crippen LogP contribution in [0.1, 0.15) is 66.2 Å². The monoisotopic (exact) mass is 264 g/mol. The Bertz CT molecular complexity index is 343. The Morgan fingerprint density at radius 3 is 2.33 bits per heavy atom. The number of thioether (sulfide) groups is 1. The van der Waals surface area contributed by atoms with Gasteiger partial charge in [0, 0.05) is 5.25 Å². The molecule has 0 heterocycles. The maximum atomic E-state index is 2.52. The average Bonchev–Trinajstić information content (AvgIpc) is 2.32. The fourth-order valence-corrected chi connectivity index (χ4v) is 4.15. The molecule has 2 rings (SSSR count). The largest absolute Gasteiger partial charge is 0.127 e. The summed E-state index contributed by atoms with van der Waals surface area (Å²) in [4.78, 5) is 1.67. The van der Waals surface area contributed by atoms with Crippen molar-refractivity contribution in [3.63, 3.8) is 0 Å². The highest BCUT2D eigenvalue weighted by molar-refractivity contribution is 8.03. The Kier molecular flexibility index (Phi) is 4.64. The summed E-state index contributed by atoms with van der Waals surface area (Å²) in [5, 5.41) is 0.843. The lowest BCUT2D eigenvalue weighted by molar-refractivity contribution is 0.462. The Morgan fingerprint density at radius 1 is 1.06 bits per heavy atom. The number of hydrogen-bond acceptors (Lipinski definition) is 1. The van der Waals surface area contributed by atoms with Crippen LogP contribution in [0.25, 0.3) is 0 Å². The Labute approximate surface area is 117 Å². The van der Waals surface area contributed by atoms with E-state index < -0.39 is 0 Å². The van der Waals surface area contributed by atoms with Crippen LogP contribution in [0.4, 0.5) is 0 Å². The molecule has 0 saturated heterocycles. The maximum absolute atomic E-state index is 2.52. The third-order valence-electron chi connectivity index (χ3n) is 4.28. The first kappa shape index (κ1) is 14.2. The van der Waals surface area contributed by atoms with E-state index in [4.69, 9.17) is 0 Å². The molecule has 0 nitrogen and oxygen atoms in total. The van der Waals surface area contributed by atoms with E-state index in [2.05, 4.69) is 51.6 Å². The van der Waals surface area contributed by atoms with Crippen LogP contribution in [0, 0.1) is 11.3 Å². The minimum atomic E-state index is 0.384. The lowest BCUT2D eigenvalue weighted by Crippen LogP contribution is -2.17. The van der Waals surface area contributed by atoms with Crippen LogP contribution in [-0.4, -0.2) is 5.25 Å². The lowest BCUT2D eigenvalue weighted by Gasteiger charge is -2.30. The summed E-state index contributed by atoms with van der Waals surface area (Å²) in [6.07, 6.45) is 13.0. The van der Waals surface area contributed by atoms with Crippen LogP contribution in [0.5, 0.6) is 0 Å². The molecule has 1 heteroatoms. The molecule has 18 heavy (non-hydrogen) atoms. The lowest BCUT2D eigenvalue weighted by atomic mass is 9.80. The van der Waals surface area contributed by atoms with Crippen LogP contribution in [0.15, 0.2) is 22.6 Å². The summed E-state index contributed by atoms with van der Waals surface area (Å²) in [7, 11) is 0. The fraction of sp³-hybridized carbons (Fsp3) is 0.765. The van der Waals surface area contributed by atoms with Gasteiger partial charge in [0.15, 0.2) is 0 Å². The van der Waals surface area contributed by atoms with Crippen molar-refractivity contribution in [3.8, 4) is 0 Å². The van der Waals surface area contributed by atoms with Crippen LogP contribution < -0.4 is 0 Å². The first-order valence-corrected chi connectivity index (χ1v) is 8.38. The van der Waals surface area contributed by atoms with E-state index in [9.17, 15) is 0 Å². The molecule has 2 aliphatic carbocycles. The second-order valence-corrected chi connectivity index (χ2v) is 8.47. The molecule has 0 spiro atoms. The molecule has 0 aromatic carbocycles. The van der Waals surface area contributed by atoms with Crippen LogP contribution >= 0.6 is 11.8 Å². The summed E-state index contributed by atoms with van der Waals surface area (Å²) in [6.45, 7) is 9.41. The summed E-state index contributed by atoms with van der Waals surface area (Å²) >= 11 is 2.17. The predicted molar refractivity (Wildman–Crippen MR) is 83.9 cm³/mol. The van der Waals surface area contributed by atoms with Crippen LogP contribution in [0.2, 0.25) is 0 Å². The van der Waals surface area contributed by atoms with Gasteiger partial charge in [-0.2, -0.15) is 0 Å². The molecule has 0 saturated carbocycles. The summed E-state index contributed by atoms with van der Waals surface area (Å²) in [6, 6.07) is 0. The zero-order valence-electron chi connectivity index (χ0n) is 12.5. The van der Waals surface area contributed by atoms with E-state index in [0.717, 1.165) is 11.2 Å². The van der Waals surface area contributed by atoms with Gasteiger partial charge >= 0.3 is 0 Å². The average molecular weight is 264 g/mol. The summed E-state index contributed by atoms with van der Waals surface area (Å²) in [5.74, 6) is 0.910. The highest BCUT2D eigenvalue weighted by atomic mass is 32.2. The molecule has 0 bridgehead atoms. The first-order valence-electron chi connectivity index (χ1n) is 7.50. The second-order valence-electron chi connectivity index (χ2n) is 7.04. The normalized spacial score (nSPS) is 29.8. The molecule has 0 fully saturated rings. The van der Waals surface area contributed by atoms with E-state index in [-0.39, 0.29) is 0 Å². The number of allylic oxidation sites excluding steroid dienone is 4. The third kappa shape index (κ3) is 3.91. The molecule has 0 aromatic rings. The van der Waals surface area contributed by atoms with Crippen molar-refractivity contribution in [2.75, 3.05) is 0 Å². The van der Waals surface area contributed by atoms with E-state index in [1.165, 1.54) is 38.5 Å². The molecular formula is C17H28S. The standard InChI is InChI=1S/C17H28S/c1-13-5-9-15(10-6-13)18-16-11-7-14(8-12-16)17(2,3)4/h7,9,13,16H,5-6,8,10-12H2,1-4H3. The molecule has 0 amide bonds. The van der Waals surface area contributed by atoms with Crippen molar-refractivity contribution < 1.29 is 0 Å². The molecule has 2 aliphatic rings. The second kappa shape index (κ2) is 5.86. The summed E-state index contributed by atoms with van der Waals surface area (Å²) < 4.78 is 0. The van der Waals surface area contributed by atoms with Gasteiger partial charge in [0.1, 0.15) is 0 Å². The molecule has 2 unspecified atom stereocenters. The van der Waals surface area contributed by atoms with Gasteiger partial charge < -0.3 is 0 Å². The van der Waals surface area contributed by atoms with Gasteiger partial charge in [-0.15, -0.1) is 11.8 Å². The smallest absolute Gasteiger partial charge is 0.0129 e. The minimum Gasteiger partial charge on any atom is -0.127 e. The molecular weight excluding hydrogens is 236 g/mol. The first-order chi connectivity index (χ1) is 8.45. The molecule has 0 radical (unpaired) electrons.